The first-order chi connectivity index (χ1) is 16.9. The van der Waals surface area contributed by atoms with Gasteiger partial charge in [-0.05, 0) is 30.7 Å². The number of benzene rings is 2. The summed E-state index contributed by atoms with van der Waals surface area (Å²) in [6.45, 7) is 1.98. The number of ether oxygens (including phenoxy) is 1. The van der Waals surface area contributed by atoms with E-state index in [0.717, 1.165) is 30.8 Å². The van der Waals surface area contributed by atoms with Gasteiger partial charge in [-0.2, -0.15) is 8.78 Å². The van der Waals surface area contributed by atoms with Crippen molar-refractivity contribution in [1.82, 2.24) is 24.6 Å². The van der Waals surface area contributed by atoms with Crippen LogP contribution in [-0.2, 0) is 13.6 Å². The second kappa shape index (κ2) is 9.46. The molecule has 1 saturated heterocycles. The van der Waals surface area contributed by atoms with Gasteiger partial charge in [-0.15, -0.1) is 0 Å². The van der Waals surface area contributed by atoms with Crippen LogP contribution in [-0.4, -0.2) is 51.6 Å². The highest BCUT2D eigenvalue weighted by atomic mass is 19.3. The number of hydrogen-bond donors (Lipinski definition) is 1. The SMILES string of the molecule is CC1CN(c2ncc(-c3ccc4c(=O)n(C)n(Cc5ccccc5OC(F)F)c4c3)cn2)CCN1. The molecule has 35 heavy (non-hydrogen) atoms. The molecule has 5 rings (SSSR count). The van der Waals surface area contributed by atoms with E-state index in [2.05, 4.69) is 31.8 Å². The molecule has 0 bridgehead atoms. The summed E-state index contributed by atoms with van der Waals surface area (Å²) in [6.07, 6.45) is 3.57. The van der Waals surface area contributed by atoms with Gasteiger partial charge in [0.1, 0.15) is 5.75 Å². The van der Waals surface area contributed by atoms with Crippen LogP contribution < -0.4 is 20.5 Å². The topological polar surface area (TPSA) is 77.2 Å². The lowest BCUT2D eigenvalue weighted by atomic mass is 10.1. The molecule has 0 aliphatic carbocycles. The molecule has 1 aliphatic rings. The molecule has 1 unspecified atom stereocenters. The molecule has 8 nitrogen and oxygen atoms in total. The fraction of sp³-hybridized carbons (Fsp3) is 0.320. The number of halogens is 2. The number of nitrogens with zero attached hydrogens (tertiary/aromatic N) is 5. The van der Waals surface area contributed by atoms with Gasteiger partial charge in [-0.3, -0.25) is 14.2 Å². The molecular weight excluding hydrogens is 454 g/mol. The van der Waals surface area contributed by atoms with Crippen molar-refractivity contribution in [3.05, 3.63) is 70.8 Å². The van der Waals surface area contributed by atoms with Crippen molar-refractivity contribution >= 4 is 16.9 Å². The fourth-order valence-electron chi connectivity index (χ4n) is 4.50. The number of para-hydroxylation sites is 1. The molecule has 0 radical (unpaired) electrons. The third-order valence-electron chi connectivity index (χ3n) is 6.29. The summed E-state index contributed by atoms with van der Waals surface area (Å²) in [5.41, 5.74) is 2.74. The maximum atomic E-state index is 12.9. The Morgan fingerprint density at radius 3 is 2.66 bits per heavy atom. The van der Waals surface area contributed by atoms with Crippen LogP contribution in [0.4, 0.5) is 14.7 Å². The molecule has 10 heteroatoms. The highest BCUT2D eigenvalue weighted by molar-refractivity contribution is 5.84. The van der Waals surface area contributed by atoms with E-state index in [9.17, 15) is 13.6 Å². The van der Waals surface area contributed by atoms with E-state index >= 15 is 0 Å². The molecule has 0 saturated carbocycles. The van der Waals surface area contributed by atoms with Crippen LogP contribution in [0, 0.1) is 0 Å². The number of fused-ring (bicyclic) bond motifs is 1. The van der Waals surface area contributed by atoms with Gasteiger partial charge in [0.05, 0.1) is 17.4 Å². The summed E-state index contributed by atoms with van der Waals surface area (Å²) in [5.74, 6) is 0.773. The lowest BCUT2D eigenvalue weighted by Crippen LogP contribution is -2.49. The Labute approximate surface area is 200 Å². The third-order valence-corrected chi connectivity index (χ3v) is 6.29. The Morgan fingerprint density at radius 2 is 1.91 bits per heavy atom. The van der Waals surface area contributed by atoms with Crippen molar-refractivity contribution < 1.29 is 13.5 Å². The molecule has 1 fully saturated rings. The van der Waals surface area contributed by atoms with E-state index in [4.69, 9.17) is 0 Å². The summed E-state index contributed by atoms with van der Waals surface area (Å²) >= 11 is 0. The zero-order chi connectivity index (χ0) is 24.5. The Hall–Kier alpha value is -3.79. The molecule has 0 spiro atoms. The lowest BCUT2D eigenvalue weighted by molar-refractivity contribution is -0.0505. The van der Waals surface area contributed by atoms with Crippen LogP contribution in [0.2, 0.25) is 0 Å². The Bertz CT molecular complexity index is 1400. The number of alkyl halides is 2. The number of piperazine rings is 1. The fourth-order valence-corrected chi connectivity index (χ4v) is 4.50. The molecule has 1 N–H and O–H groups in total. The van der Waals surface area contributed by atoms with Crippen LogP contribution in [0.15, 0.2) is 59.7 Å². The summed E-state index contributed by atoms with van der Waals surface area (Å²) in [5, 5.41) is 3.94. The van der Waals surface area contributed by atoms with E-state index in [-0.39, 0.29) is 17.9 Å². The lowest BCUT2D eigenvalue weighted by Gasteiger charge is -2.31. The van der Waals surface area contributed by atoms with Gasteiger partial charge < -0.3 is 15.0 Å². The second-order valence-electron chi connectivity index (χ2n) is 8.68. The molecule has 2 aromatic carbocycles. The first-order valence-electron chi connectivity index (χ1n) is 11.4. The smallest absolute Gasteiger partial charge is 0.387 e. The van der Waals surface area contributed by atoms with Crippen LogP contribution in [0.5, 0.6) is 5.75 Å². The minimum absolute atomic E-state index is 0.0826. The maximum Gasteiger partial charge on any atom is 0.387 e. The summed E-state index contributed by atoms with van der Waals surface area (Å²) in [4.78, 5) is 24.1. The summed E-state index contributed by atoms with van der Waals surface area (Å²) < 4.78 is 33.7. The van der Waals surface area contributed by atoms with Gasteiger partial charge in [0.2, 0.25) is 5.95 Å². The van der Waals surface area contributed by atoms with Crippen molar-refractivity contribution in [2.45, 2.75) is 26.1 Å². The van der Waals surface area contributed by atoms with Crippen LogP contribution >= 0.6 is 0 Å². The Kier molecular flexibility index (Phi) is 6.21. The normalized spacial score (nSPS) is 16.3. The molecule has 1 aliphatic heterocycles. The molecule has 1 atom stereocenters. The first kappa shape index (κ1) is 23.0. The Morgan fingerprint density at radius 1 is 1.14 bits per heavy atom. The third kappa shape index (κ3) is 4.61. The molecule has 0 amide bonds. The van der Waals surface area contributed by atoms with Gasteiger partial charge in [-0.25, -0.2) is 9.97 Å². The van der Waals surface area contributed by atoms with E-state index < -0.39 is 6.61 Å². The zero-order valence-corrected chi connectivity index (χ0v) is 19.5. The van der Waals surface area contributed by atoms with E-state index in [0.29, 0.717) is 28.5 Å². The van der Waals surface area contributed by atoms with Gasteiger partial charge in [0.15, 0.2) is 0 Å². The molecule has 4 aromatic rings. The number of aromatic nitrogens is 4. The van der Waals surface area contributed by atoms with E-state index in [1.807, 2.05) is 12.1 Å². The summed E-state index contributed by atoms with van der Waals surface area (Å²) in [6, 6.07) is 12.5. The van der Waals surface area contributed by atoms with E-state index in [1.165, 1.54) is 10.7 Å². The van der Waals surface area contributed by atoms with Gasteiger partial charge in [0, 0.05) is 56.2 Å². The minimum Gasteiger partial charge on any atom is -0.434 e. The Balaban J connectivity index is 1.49. The van der Waals surface area contributed by atoms with Crippen molar-refractivity contribution in [3.8, 4) is 16.9 Å². The van der Waals surface area contributed by atoms with Gasteiger partial charge in [-0.1, -0.05) is 24.3 Å². The van der Waals surface area contributed by atoms with E-state index in [1.54, 1.807) is 48.4 Å². The molecular formula is C25H26F2N6O2. The highest BCUT2D eigenvalue weighted by Crippen LogP contribution is 2.26. The zero-order valence-electron chi connectivity index (χ0n) is 19.5. The van der Waals surface area contributed by atoms with Crippen molar-refractivity contribution in [1.29, 1.82) is 0 Å². The quantitative estimate of drug-likeness (QED) is 0.457. The van der Waals surface area contributed by atoms with Crippen LogP contribution in [0.1, 0.15) is 12.5 Å². The van der Waals surface area contributed by atoms with Crippen molar-refractivity contribution in [3.63, 3.8) is 0 Å². The van der Waals surface area contributed by atoms with Gasteiger partial charge >= 0.3 is 6.61 Å². The maximum absolute atomic E-state index is 12.9. The average Bonchev–Trinajstić information content (AvgIpc) is 3.09. The predicted octanol–water partition coefficient (Wildman–Crippen LogP) is 3.24. The largest absolute Gasteiger partial charge is 0.434 e. The summed E-state index contributed by atoms with van der Waals surface area (Å²) in [7, 11) is 1.66. The standard InChI is InChI=1S/C25H26F2N6O2/c1-16-14-32(10-9-28-16)25-29-12-19(13-30-25)17-7-8-20-21(11-17)33(31(2)23(20)34)15-18-5-3-4-6-22(18)35-24(26)27/h3-8,11-13,16,24,28H,9-10,14-15H2,1-2H3. The minimum atomic E-state index is -2.93. The molecule has 3 heterocycles. The highest BCUT2D eigenvalue weighted by Gasteiger charge is 2.19. The average molecular weight is 481 g/mol. The number of hydrogen-bond acceptors (Lipinski definition) is 6. The van der Waals surface area contributed by atoms with Gasteiger partial charge in [0.25, 0.3) is 5.56 Å². The molecule has 2 aromatic heterocycles. The number of rotatable bonds is 6. The van der Waals surface area contributed by atoms with Crippen LogP contribution in [0.25, 0.3) is 22.0 Å². The first-order valence-corrected chi connectivity index (χ1v) is 11.4. The van der Waals surface area contributed by atoms with Crippen molar-refractivity contribution in [2.24, 2.45) is 7.05 Å². The molecule has 182 valence electrons. The monoisotopic (exact) mass is 480 g/mol. The van der Waals surface area contributed by atoms with Crippen molar-refractivity contribution in [2.75, 3.05) is 24.5 Å². The predicted molar refractivity (Wildman–Crippen MR) is 130 cm³/mol. The second-order valence-corrected chi connectivity index (χ2v) is 8.68. The van der Waals surface area contributed by atoms with Crippen LogP contribution in [0.3, 0.4) is 0 Å². The number of anilines is 1. The number of nitrogens with one attached hydrogen (secondary N) is 1.